The molecular formula is C11H18N2O. The summed E-state index contributed by atoms with van der Waals surface area (Å²) in [4.78, 5) is 0. The molecule has 1 aliphatic rings. The molecule has 0 spiro atoms. The fraction of sp³-hybridized carbons (Fsp3) is 0.636. The zero-order valence-electron chi connectivity index (χ0n) is 8.62. The molecule has 3 nitrogen and oxygen atoms in total. The first-order valence-corrected chi connectivity index (χ1v) is 5.24. The van der Waals surface area contributed by atoms with Crippen LogP contribution in [0, 0.1) is 5.41 Å². The molecule has 1 saturated carbocycles. The summed E-state index contributed by atoms with van der Waals surface area (Å²) in [5, 5.41) is 0. The number of hydrogen-bond acceptors (Lipinski definition) is 3. The van der Waals surface area contributed by atoms with Crippen LogP contribution in [0.4, 0.5) is 0 Å². The minimum Gasteiger partial charge on any atom is -0.472 e. The maximum Gasteiger partial charge on any atom is 0.0951 e. The van der Waals surface area contributed by atoms with E-state index >= 15 is 0 Å². The second-order valence-corrected chi connectivity index (χ2v) is 4.52. The Kier molecular flexibility index (Phi) is 2.61. The van der Waals surface area contributed by atoms with Gasteiger partial charge >= 0.3 is 0 Å². The highest BCUT2D eigenvalue weighted by atomic mass is 16.3. The topological polar surface area (TPSA) is 51.2 Å². The number of rotatable bonds is 3. The minimum absolute atomic E-state index is 0.226. The predicted molar refractivity (Wildman–Crippen MR) is 55.3 cm³/mol. The lowest BCUT2D eigenvalue weighted by molar-refractivity contribution is 0.224. The predicted octanol–water partition coefficient (Wildman–Crippen LogP) is 2.36. The average molecular weight is 194 g/mol. The molecule has 1 atom stereocenters. The van der Waals surface area contributed by atoms with Crippen LogP contribution in [0.3, 0.4) is 0 Å². The van der Waals surface area contributed by atoms with Gasteiger partial charge in [-0.25, -0.2) is 0 Å². The van der Waals surface area contributed by atoms with Crippen LogP contribution in [0.1, 0.15) is 44.2 Å². The molecule has 0 radical (unpaired) electrons. The second-order valence-electron chi connectivity index (χ2n) is 4.52. The number of furan rings is 1. The molecule has 1 aromatic heterocycles. The monoisotopic (exact) mass is 194 g/mol. The zero-order valence-corrected chi connectivity index (χ0v) is 8.62. The molecule has 3 N–H and O–H groups in total. The van der Waals surface area contributed by atoms with Crippen molar-refractivity contribution in [1.29, 1.82) is 0 Å². The summed E-state index contributed by atoms with van der Waals surface area (Å²) < 4.78 is 5.11. The van der Waals surface area contributed by atoms with Crippen molar-refractivity contribution >= 4 is 0 Å². The zero-order chi connectivity index (χ0) is 10.0. The van der Waals surface area contributed by atoms with E-state index in [-0.39, 0.29) is 6.04 Å². The van der Waals surface area contributed by atoms with Crippen LogP contribution in [0.25, 0.3) is 0 Å². The molecule has 1 aliphatic carbocycles. The quantitative estimate of drug-likeness (QED) is 0.573. The van der Waals surface area contributed by atoms with E-state index in [0.717, 1.165) is 5.56 Å². The number of nitrogens with one attached hydrogen (secondary N) is 1. The van der Waals surface area contributed by atoms with E-state index in [1.54, 1.807) is 12.5 Å². The van der Waals surface area contributed by atoms with Gasteiger partial charge < -0.3 is 4.42 Å². The van der Waals surface area contributed by atoms with Gasteiger partial charge in [-0.05, 0) is 24.3 Å². The van der Waals surface area contributed by atoms with Gasteiger partial charge in [0, 0.05) is 5.56 Å². The van der Waals surface area contributed by atoms with Crippen LogP contribution >= 0.6 is 0 Å². The fourth-order valence-corrected chi connectivity index (χ4v) is 2.61. The Hall–Kier alpha value is -0.800. The molecule has 0 saturated heterocycles. The summed E-state index contributed by atoms with van der Waals surface area (Å²) in [5.74, 6) is 5.64. The van der Waals surface area contributed by atoms with E-state index in [2.05, 4.69) is 12.3 Å². The van der Waals surface area contributed by atoms with E-state index in [1.807, 2.05) is 6.07 Å². The van der Waals surface area contributed by atoms with Crippen LogP contribution in [-0.4, -0.2) is 0 Å². The van der Waals surface area contributed by atoms with Gasteiger partial charge in [-0.2, -0.15) is 0 Å². The van der Waals surface area contributed by atoms with Crippen molar-refractivity contribution < 1.29 is 4.42 Å². The maximum absolute atomic E-state index is 5.64. The van der Waals surface area contributed by atoms with Crippen LogP contribution in [0.15, 0.2) is 23.0 Å². The van der Waals surface area contributed by atoms with Crippen molar-refractivity contribution in [3.05, 3.63) is 24.2 Å². The summed E-state index contributed by atoms with van der Waals surface area (Å²) in [5.41, 5.74) is 4.38. The molecule has 0 aliphatic heterocycles. The molecule has 1 unspecified atom stereocenters. The smallest absolute Gasteiger partial charge is 0.0951 e. The summed E-state index contributed by atoms with van der Waals surface area (Å²) in [6, 6.07) is 2.22. The van der Waals surface area contributed by atoms with Crippen LogP contribution in [-0.2, 0) is 0 Å². The molecule has 1 fully saturated rings. The molecule has 14 heavy (non-hydrogen) atoms. The van der Waals surface area contributed by atoms with Crippen molar-refractivity contribution in [2.45, 2.75) is 38.6 Å². The van der Waals surface area contributed by atoms with Crippen molar-refractivity contribution in [3.8, 4) is 0 Å². The first-order chi connectivity index (χ1) is 6.76. The summed E-state index contributed by atoms with van der Waals surface area (Å²) in [7, 11) is 0. The first-order valence-electron chi connectivity index (χ1n) is 5.24. The third kappa shape index (κ3) is 1.57. The van der Waals surface area contributed by atoms with Gasteiger partial charge in [0.15, 0.2) is 0 Å². The standard InChI is InChI=1S/C11H18N2O/c1-11(5-2-3-6-11)10(13-12)9-4-7-14-8-9/h4,7-8,10,13H,2-3,5-6,12H2,1H3. The molecule has 1 aromatic rings. The SMILES string of the molecule is CC1(C(NN)c2ccoc2)CCCC1. The highest BCUT2D eigenvalue weighted by Crippen LogP contribution is 2.46. The average Bonchev–Trinajstić information content (AvgIpc) is 2.78. The van der Waals surface area contributed by atoms with Crippen LogP contribution in [0.2, 0.25) is 0 Å². The lowest BCUT2D eigenvalue weighted by Crippen LogP contribution is -2.38. The maximum atomic E-state index is 5.64. The Labute approximate surface area is 84.6 Å². The van der Waals surface area contributed by atoms with Crippen molar-refractivity contribution in [3.63, 3.8) is 0 Å². The molecular weight excluding hydrogens is 176 g/mol. The van der Waals surface area contributed by atoms with Crippen molar-refractivity contribution in [2.75, 3.05) is 0 Å². The van der Waals surface area contributed by atoms with Crippen LogP contribution < -0.4 is 11.3 Å². The molecule has 0 bridgehead atoms. The minimum atomic E-state index is 0.226. The highest BCUT2D eigenvalue weighted by Gasteiger charge is 2.37. The van der Waals surface area contributed by atoms with Gasteiger partial charge in [-0.3, -0.25) is 11.3 Å². The summed E-state index contributed by atoms with van der Waals surface area (Å²) >= 11 is 0. The largest absolute Gasteiger partial charge is 0.472 e. The molecule has 0 amide bonds. The Morgan fingerprint density at radius 1 is 1.50 bits per heavy atom. The normalized spacial score (nSPS) is 22.4. The van der Waals surface area contributed by atoms with Crippen LogP contribution in [0.5, 0.6) is 0 Å². The number of hydrogen-bond donors (Lipinski definition) is 2. The van der Waals surface area contributed by atoms with Gasteiger partial charge in [0.2, 0.25) is 0 Å². The molecule has 0 aromatic carbocycles. The Bertz CT molecular complexity index is 275. The second kappa shape index (κ2) is 3.75. The van der Waals surface area contributed by atoms with E-state index in [0.29, 0.717) is 5.41 Å². The molecule has 78 valence electrons. The number of hydrazine groups is 1. The van der Waals surface area contributed by atoms with E-state index in [1.165, 1.54) is 25.7 Å². The third-order valence-electron chi connectivity index (χ3n) is 3.49. The van der Waals surface area contributed by atoms with Gasteiger partial charge in [0.05, 0.1) is 18.6 Å². The summed E-state index contributed by atoms with van der Waals surface area (Å²) in [6.45, 7) is 2.30. The molecule has 2 rings (SSSR count). The van der Waals surface area contributed by atoms with E-state index < -0.39 is 0 Å². The van der Waals surface area contributed by atoms with Gasteiger partial charge in [0.25, 0.3) is 0 Å². The molecule has 1 heterocycles. The fourth-order valence-electron chi connectivity index (χ4n) is 2.61. The summed E-state index contributed by atoms with van der Waals surface area (Å²) in [6.07, 6.45) is 8.60. The Morgan fingerprint density at radius 3 is 2.71 bits per heavy atom. The first kappa shape index (κ1) is 9.74. The van der Waals surface area contributed by atoms with E-state index in [4.69, 9.17) is 10.3 Å². The lowest BCUT2D eigenvalue weighted by atomic mass is 9.78. The van der Waals surface area contributed by atoms with Crippen molar-refractivity contribution in [1.82, 2.24) is 5.43 Å². The Balaban J connectivity index is 2.20. The van der Waals surface area contributed by atoms with Crippen molar-refractivity contribution in [2.24, 2.45) is 11.3 Å². The van der Waals surface area contributed by atoms with Gasteiger partial charge in [0.1, 0.15) is 0 Å². The third-order valence-corrected chi connectivity index (χ3v) is 3.49. The highest BCUT2D eigenvalue weighted by molar-refractivity contribution is 5.15. The Morgan fingerprint density at radius 2 is 2.21 bits per heavy atom. The molecule has 3 heteroatoms. The number of nitrogens with two attached hydrogens (primary N) is 1. The lowest BCUT2D eigenvalue weighted by Gasteiger charge is -2.32. The van der Waals surface area contributed by atoms with Gasteiger partial charge in [-0.1, -0.05) is 19.8 Å². The van der Waals surface area contributed by atoms with E-state index in [9.17, 15) is 0 Å². The van der Waals surface area contributed by atoms with Gasteiger partial charge in [-0.15, -0.1) is 0 Å².